The van der Waals surface area contributed by atoms with Gasteiger partial charge in [-0.25, -0.2) is 4.79 Å². The lowest BCUT2D eigenvalue weighted by molar-refractivity contribution is -0.119. The number of carbonyl (C=O) groups excluding carboxylic acids is 2. The number of ether oxygens (including phenoxy) is 2. The topological polar surface area (TPSA) is 139 Å². The quantitative estimate of drug-likeness (QED) is 0.190. The van der Waals surface area contributed by atoms with E-state index >= 15 is 0 Å². The molecule has 2 aromatic carbocycles. The minimum absolute atomic E-state index is 0.0517. The molecule has 3 rings (SSSR count). The average Bonchev–Trinajstić information content (AvgIpc) is 3.24. The zero-order valence-electron chi connectivity index (χ0n) is 16.7. The Morgan fingerprint density at radius 1 is 0.939 bits per heavy atom. The predicted octanol–water partition coefficient (Wildman–Crippen LogP) is 4.16. The Labute approximate surface area is 202 Å². The fraction of sp³-hybridized carbons (Fsp3) is 0.0952. The van der Waals surface area contributed by atoms with Crippen LogP contribution in [0.15, 0.2) is 58.1 Å². The number of primary amides is 1. The van der Waals surface area contributed by atoms with Crippen molar-refractivity contribution in [3.63, 3.8) is 0 Å². The summed E-state index contributed by atoms with van der Waals surface area (Å²) in [5.74, 6) is -0.695. The lowest BCUT2D eigenvalue weighted by Gasteiger charge is -2.08. The minimum atomic E-state index is -0.867. The van der Waals surface area contributed by atoms with Gasteiger partial charge in [-0.05, 0) is 48.5 Å². The van der Waals surface area contributed by atoms with Crippen molar-refractivity contribution in [2.75, 3.05) is 6.61 Å². The second-order valence-corrected chi connectivity index (χ2v) is 7.64. The van der Waals surface area contributed by atoms with Crippen LogP contribution in [0, 0.1) is 0 Å². The zero-order valence-corrected chi connectivity index (χ0v) is 19.0. The molecular weight excluding hydrogens is 497 g/mol. The number of carbonyl (C=O) groups is 2. The molecule has 33 heavy (non-hydrogen) atoms. The van der Waals surface area contributed by atoms with E-state index < -0.39 is 11.9 Å². The summed E-state index contributed by atoms with van der Waals surface area (Å²) in [5, 5.41) is 4.43. The number of hydrogen-bond acceptors (Lipinski definition) is 7. The molecule has 0 fully saturated rings. The van der Waals surface area contributed by atoms with Crippen molar-refractivity contribution in [2.45, 2.75) is 6.61 Å². The third-order valence-electron chi connectivity index (χ3n) is 3.94. The molecule has 0 aliphatic rings. The van der Waals surface area contributed by atoms with Crippen molar-refractivity contribution < 1.29 is 28.3 Å². The summed E-state index contributed by atoms with van der Waals surface area (Å²) in [6.45, 7) is -0.305. The summed E-state index contributed by atoms with van der Waals surface area (Å²) in [5.41, 5.74) is 11.3. The number of hydrogen-bond donors (Lipinski definition) is 2. The van der Waals surface area contributed by atoms with Gasteiger partial charge in [0, 0.05) is 10.6 Å². The number of amides is 1. The van der Waals surface area contributed by atoms with E-state index in [1.807, 2.05) is 0 Å². The largest absolute Gasteiger partial charge is 0.484 e. The van der Waals surface area contributed by atoms with Crippen LogP contribution in [0.5, 0.6) is 11.5 Å². The number of rotatable bonds is 9. The first-order chi connectivity index (χ1) is 15.7. The fourth-order valence-electron chi connectivity index (χ4n) is 2.44. The van der Waals surface area contributed by atoms with Crippen LogP contribution in [-0.2, 0) is 16.2 Å². The first kappa shape index (κ1) is 24.2. The molecule has 9 nitrogen and oxygen atoms in total. The van der Waals surface area contributed by atoms with Gasteiger partial charge in [0.25, 0.3) is 5.91 Å². The van der Waals surface area contributed by atoms with E-state index in [4.69, 9.17) is 65.0 Å². The zero-order chi connectivity index (χ0) is 24.0. The molecule has 0 spiro atoms. The number of amidine groups is 1. The number of halogens is 3. The van der Waals surface area contributed by atoms with E-state index in [1.165, 1.54) is 24.3 Å². The lowest BCUT2D eigenvalue weighted by atomic mass is 10.2. The molecule has 0 aliphatic carbocycles. The highest BCUT2D eigenvalue weighted by Gasteiger charge is 2.15. The Balaban J connectivity index is 1.57. The minimum Gasteiger partial charge on any atom is -0.484 e. The molecule has 0 bridgehead atoms. The maximum Gasteiger partial charge on any atom is 0.400 e. The molecule has 3 aromatic rings. The van der Waals surface area contributed by atoms with Gasteiger partial charge >= 0.3 is 5.97 Å². The molecule has 4 N–H and O–H groups in total. The molecule has 12 heteroatoms. The Bertz CT molecular complexity index is 1170. The van der Waals surface area contributed by atoms with Gasteiger partial charge in [0.2, 0.25) is 5.76 Å². The highest BCUT2D eigenvalue weighted by Crippen LogP contribution is 2.36. The van der Waals surface area contributed by atoms with Gasteiger partial charge in [-0.2, -0.15) is 0 Å². The molecule has 172 valence electrons. The molecule has 0 aliphatic heterocycles. The summed E-state index contributed by atoms with van der Waals surface area (Å²) < 4.78 is 16.1. The van der Waals surface area contributed by atoms with E-state index in [-0.39, 0.29) is 40.6 Å². The summed E-state index contributed by atoms with van der Waals surface area (Å²) >= 11 is 18.0. The van der Waals surface area contributed by atoms with Crippen molar-refractivity contribution in [3.8, 4) is 11.5 Å². The Morgan fingerprint density at radius 3 is 2.24 bits per heavy atom. The van der Waals surface area contributed by atoms with Crippen molar-refractivity contribution in [2.24, 2.45) is 16.6 Å². The van der Waals surface area contributed by atoms with E-state index in [9.17, 15) is 9.59 Å². The molecule has 0 unspecified atom stereocenters. The highest BCUT2D eigenvalue weighted by molar-refractivity contribution is 6.40. The van der Waals surface area contributed by atoms with Gasteiger partial charge in [0.1, 0.15) is 18.1 Å². The van der Waals surface area contributed by atoms with Crippen LogP contribution in [0.2, 0.25) is 15.1 Å². The predicted molar refractivity (Wildman–Crippen MR) is 122 cm³/mol. The summed E-state index contributed by atoms with van der Waals surface area (Å²) in [6.07, 6.45) is 0. The third-order valence-corrected chi connectivity index (χ3v) is 4.72. The molecule has 0 saturated heterocycles. The molecule has 0 radical (unpaired) electrons. The van der Waals surface area contributed by atoms with Crippen molar-refractivity contribution in [1.82, 2.24) is 0 Å². The van der Waals surface area contributed by atoms with Crippen LogP contribution in [0.1, 0.15) is 21.9 Å². The van der Waals surface area contributed by atoms with E-state index in [2.05, 4.69) is 5.16 Å². The second kappa shape index (κ2) is 11.0. The number of nitrogens with zero attached hydrogens (tertiary/aromatic N) is 1. The monoisotopic (exact) mass is 511 g/mol. The van der Waals surface area contributed by atoms with Gasteiger partial charge in [-0.3, -0.25) is 4.79 Å². The normalized spacial score (nSPS) is 11.2. The number of benzene rings is 2. The van der Waals surface area contributed by atoms with Crippen LogP contribution in [0.4, 0.5) is 0 Å². The van der Waals surface area contributed by atoms with Crippen LogP contribution < -0.4 is 20.9 Å². The van der Waals surface area contributed by atoms with Crippen molar-refractivity contribution >= 4 is 52.5 Å². The van der Waals surface area contributed by atoms with Crippen LogP contribution in [0.3, 0.4) is 0 Å². The molecule has 1 amide bonds. The Kier molecular flexibility index (Phi) is 8.05. The highest BCUT2D eigenvalue weighted by atomic mass is 35.5. The Morgan fingerprint density at radius 2 is 1.61 bits per heavy atom. The maximum absolute atomic E-state index is 12.2. The van der Waals surface area contributed by atoms with Crippen molar-refractivity contribution in [1.29, 1.82) is 0 Å². The van der Waals surface area contributed by atoms with Crippen LogP contribution in [0.25, 0.3) is 0 Å². The molecule has 1 aromatic heterocycles. The first-order valence-corrected chi connectivity index (χ1v) is 10.3. The van der Waals surface area contributed by atoms with Gasteiger partial charge in [-0.15, -0.1) is 0 Å². The van der Waals surface area contributed by atoms with E-state index in [0.717, 1.165) is 0 Å². The summed E-state index contributed by atoms with van der Waals surface area (Å²) in [7, 11) is 0. The van der Waals surface area contributed by atoms with Gasteiger partial charge in [0.15, 0.2) is 18.2 Å². The Hall–Kier alpha value is -3.40. The third kappa shape index (κ3) is 6.79. The smallest absolute Gasteiger partial charge is 0.400 e. The number of furan rings is 1. The van der Waals surface area contributed by atoms with E-state index in [0.29, 0.717) is 22.1 Å². The second-order valence-electron chi connectivity index (χ2n) is 6.39. The lowest BCUT2D eigenvalue weighted by Crippen LogP contribution is -2.20. The first-order valence-electron chi connectivity index (χ1n) is 9.15. The van der Waals surface area contributed by atoms with Gasteiger partial charge < -0.3 is 30.2 Å². The van der Waals surface area contributed by atoms with Crippen LogP contribution >= 0.6 is 34.8 Å². The summed E-state index contributed by atoms with van der Waals surface area (Å²) in [4.78, 5) is 27.7. The molecular formula is C21H16Cl3N3O6. The summed E-state index contributed by atoms with van der Waals surface area (Å²) in [6, 6.07) is 12.1. The number of nitrogens with two attached hydrogens (primary N) is 2. The fourth-order valence-corrected chi connectivity index (χ4v) is 3.37. The average molecular weight is 513 g/mol. The van der Waals surface area contributed by atoms with Gasteiger partial charge in [0.05, 0.1) is 10.0 Å². The molecule has 0 atom stereocenters. The molecule has 0 saturated carbocycles. The number of oxime groups is 1. The standard InChI is InChI=1S/C21H16Cl3N3O6/c22-12-7-15(23)19(16(24)8-12)31-9-14-5-6-17(32-14)21(29)33-27-20(26)11-1-3-13(4-2-11)30-10-18(25)28/h1-8H,9-10H2,(H2,25,28)(H2,26,27). The molecule has 1 heterocycles. The van der Waals surface area contributed by atoms with E-state index in [1.54, 1.807) is 24.3 Å². The SMILES string of the molecule is NC(=O)COc1ccc(/C(N)=N/OC(=O)c2ccc(COc3c(Cl)cc(Cl)cc3Cl)o2)cc1. The maximum atomic E-state index is 12.2. The van der Waals surface area contributed by atoms with Crippen molar-refractivity contribution in [3.05, 3.63) is 80.7 Å². The van der Waals surface area contributed by atoms with Crippen LogP contribution in [-0.4, -0.2) is 24.3 Å². The van der Waals surface area contributed by atoms with Gasteiger partial charge in [-0.1, -0.05) is 40.0 Å².